The van der Waals surface area contributed by atoms with Crippen LogP contribution in [0.25, 0.3) is 0 Å². The van der Waals surface area contributed by atoms with Crippen LogP contribution in [0.1, 0.15) is 43.6 Å². The van der Waals surface area contributed by atoms with Crippen molar-refractivity contribution in [1.29, 1.82) is 0 Å². The Morgan fingerprint density at radius 3 is 2.47 bits per heavy atom. The van der Waals surface area contributed by atoms with E-state index >= 15 is 0 Å². The first-order chi connectivity index (χ1) is 6.83. The normalized spacial score (nSPS) is 11.7. The third-order valence-corrected chi connectivity index (χ3v) is 2.84. The lowest BCUT2D eigenvalue weighted by atomic mass is 9.80. The van der Waals surface area contributed by atoms with E-state index in [-0.39, 0.29) is 11.8 Å². The molecule has 1 aromatic heterocycles. The molecule has 0 fully saturated rings. The number of carboxylic acid groups (broad SMARTS) is 1. The topological polar surface area (TPSA) is 53.1 Å². The smallest absolute Gasteiger partial charge is 0.303 e. The van der Waals surface area contributed by atoms with Crippen molar-refractivity contribution < 1.29 is 9.90 Å². The zero-order chi connectivity index (χ0) is 11.6. The van der Waals surface area contributed by atoms with E-state index in [1.165, 1.54) is 5.56 Å². The molecule has 2 N–H and O–H groups in total. The van der Waals surface area contributed by atoms with Crippen LogP contribution in [0, 0.1) is 13.8 Å². The van der Waals surface area contributed by atoms with Gasteiger partial charge in [0.05, 0.1) is 0 Å². The van der Waals surface area contributed by atoms with E-state index < -0.39 is 5.97 Å². The number of rotatable bonds is 4. The van der Waals surface area contributed by atoms with Crippen molar-refractivity contribution in [3.8, 4) is 0 Å². The summed E-state index contributed by atoms with van der Waals surface area (Å²) in [4.78, 5) is 13.8. The Morgan fingerprint density at radius 1 is 1.47 bits per heavy atom. The van der Waals surface area contributed by atoms with Crippen LogP contribution in [0.15, 0.2) is 6.07 Å². The Bertz CT molecular complexity index is 364. The molecule has 0 amide bonds. The first-order valence-electron chi connectivity index (χ1n) is 5.21. The number of H-pyrrole nitrogens is 1. The van der Waals surface area contributed by atoms with Gasteiger partial charge in [0.15, 0.2) is 0 Å². The highest BCUT2D eigenvalue weighted by molar-refractivity contribution is 5.66. The molecule has 1 heterocycles. The summed E-state index contributed by atoms with van der Waals surface area (Å²) < 4.78 is 0. The summed E-state index contributed by atoms with van der Waals surface area (Å²) in [7, 11) is 0. The molecule has 0 aliphatic rings. The molecule has 0 unspecified atom stereocenters. The van der Waals surface area contributed by atoms with E-state index in [2.05, 4.69) is 24.9 Å². The third kappa shape index (κ3) is 2.85. The number of aromatic nitrogens is 1. The molecule has 1 rings (SSSR count). The molecule has 0 aliphatic carbocycles. The number of aromatic amines is 1. The lowest BCUT2D eigenvalue weighted by Crippen LogP contribution is -2.19. The number of carboxylic acids is 1. The van der Waals surface area contributed by atoms with Gasteiger partial charge in [-0.05, 0) is 37.3 Å². The highest BCUT2D eigenvalue weighted by atomic mass is 16.4. The molecule has 0 saturated heterocycles. The van der Waals surface area contributed by atoms with Crippen LogP contribution in [0.2, 0.25) is 0 Å². The zero-order valence-electron chi connectivity index (χ0n) is 9.85. The fourth-order valence-corrected chi connectivity index (χ4v) is 1.98. The lowest BCUT2D eigenvalue weighted by Gasteiger charge is -2.24. The van der Waals surface area contributed by atoms with Crippen molar-refractivity contribution in [2.75, 3.05) is 0 Å². The predicted octanol–water partition coefficient (Wildman–Crippen LogP) is 2.77. The van der Waals surface area contributed by atoms with E-state index in [0.717, 1.165) is 11.4 Å². The maximum absolute atomic E-state index is 10.6. The van der Waals surface area contributed by atoms with Crippen molar-refractivity contribution in [3.63, 3.8) is 0 Å². The largest absolute Gasteiger partial charge is 0.481 e. The van der Waals surface area contributed by atoms with E-state index in [1.807, 2.05) is 13.8 Å². The monoisotopic (exact) mass is 209 g/mol. The Balaban J connectivity index is 2.85. The first-order valence-corrected chi connectivity index (χ1v) is 5.21. The third-order valence-electron chi connectivity index (χ3n) is 2.84. The van der Waals surface area contributed by atoms with Gasteiger partial charge in [-0.15, -0.1) is 0 Å². The molecule has 3 nitrogen and oxygen atoms in total. The van der Waals surface area contributed by atoms with Gasteiger partial charge in [0, 0.05) is 17.8 Å². The number of hydrogen-bond donors (Lipinski definition) is 2. The number of aliphatic carboxylic acids is 1. The van der Waals surface area contributed by atoms with E-state index in [1.54, 1.807) is 0 Å². The maximum atomic E-state index is 10.6. The average Bonchev–Trinajstić information content (AvgIpc) is 2.43. The van der Waals surface area contributed by atoms with Crippen molar-refractivity contribution in [1.82, 2.24) is 4.98 Å². The van der Waals surface area contributed by atoms with Crippen LogP contribution in [-0.2, 0) is 10.2 Å². The molecule has 3 heteroatoms. The van der Waals surface area contributed by atoms with Gasteiger partial charge in [-0.25, -0.2) is 0 Å². The second-order valence-corrected chi connectivity index (χ2v) is 4.77. The van der Waals surface area contributed by atoms with Crippen molar-refractivity contribution in [2.24, 2.45) is 0 Å². The molecule has 0 saturated carbocycles. The number of nitrogens with one attached hydrogen (secondary N) is 1. The van der Waals surface area contributed by atoms with Crippen molar-refractivity contribution in [2.45, 2.75) is 46.0 Å². The Labute approximate surface area is 90.5 Å². The highest BCUT2D eigenvalue weighted by Crippen LogP contribution is 2.31. The predicted molar refractivity (Wildman–Crippen MR) is 60.2 cm³/mol. The van der Waals surface area contributed by atoms with Crippen LogP contribution in [-0.4, -0.2) is 16.1 Å². The van der Waals surface area contributed by atoms with Gasteiger partial charge in [0.25, 0.3) is 0 Å². The Hall–Kier alpha value is -1.25. The van der Waals surface area contributed by atoms with Crippen LogP contribution in [0.3, 0.4) is 0 Å². The molecular formula is C12H19NO2. The van der Waals surface area contributed by atoms with Crippen LogP contribution < -0.4 is 0 Å². The average molecular weight is 209 g/mol. The number of hydrogen-bond acceptors (Lipinski definition) is 1. The lowest BCUT2D eigenvalue weighted by molar-refractivity contribution is -0.137. The molecule has 84 valence electrons. The quantitative estimate of drug-likeness (QED) is 0.801. The van der Waals surface area contributed by atoms with Gasteiger partial charge in [0.1, 0.15) is 0 Å². The van der Waals surface area contributed by atoms with Crippen molar-refractivity contribution in [3.05, 3.63) is 23.0 Å². The minimum Gasteiger partial charge on any atom is -0.481 e. The minimum atomic E-state index is -0.729. The fourth-order valence-electron chi connectivity index (χ4n) is 1.98. The van der Waals surface area contributed by atoms with Gasteiger partial charge in [-0.3, -0.25) is 4.79 Å². The summed E-state index contributed by atoms with van der Waals surface area (Å²) in [6.07, 6.45) is 0.886. The standard InChI is InChI=1S/C12H19NO2/c1-8-7-10(9(2)13-8)12(3,4)6-5-11(14)15/h7,13H,5-6H2,1-4H3,(H,14,15). The molecule has 1 aromatic rings. The minimum absolute atomic E-state index is 0.0762. The van der Waals surface area contributed by atoms with Crippen LogP contribution in [0.5, 0.6) is 0 Å². The van der Waals surface area contributed by atoms with Gasteiger partial charge < -0.3 is 10.1 Å². The van der Waals surface area contributed by atoms with E-state index in [4.69, 9.17) is 5.11 Å². The molecule has 15 heavy (non-hydrogen) atoms. The van der Waals surface area contributed by atoms with E-state index in [9.17, 15) is 4.79 Å². The Kier molecular flexibility index (Phi) is 3.22. The molecule has 0 aliphatic heterocycles. The fraction of sp³-hybridized carbons (Fsp3) is 0.583. The summed E-state index contributed by atoms with van der Waals surface area (Å²) in [6, 6.07) is 2.11. The molecule has 0 radical (unpaired) electrons. The van der Waals surface area contributed by atoms with Crippen molar-refractivity contribution >= 4 is 5.97 Å². The summed E-state index contributed by atoms with van der Waals surface area (Å²) in [6.45, 7) is 8.23. The zero-order valence-corrected chi connectivity index (χ0v) is 9.85. The van der Waals surface area contributed by atoms with Gasteiger partial charge in [-0.2, -0.15) is 0 Å². The molecule has 0 atom stereocenters. The number of aryl methyl sites for hydroxylation is 2. The maximum Gasteiger partial charge on any atom is 0.303 e. The van der Waals surface area contributed by atoms with Gasteiger partial charge in [0.2, 0.25) is 0 Å². The summed E-state index contributed by atoms with van der Waals surface area (Å²) >= 11 is 0. The molecule has 0 aromatic carbocycles. The molecular weight excluding hydrogens is 190 g/mol. The summed E-state index contributed by atoms with van der Waals surface area (Å²) in [5, 5.41) is 8.69. The SMILES string of the molecule is Cc1cc(C(C)(C)CCC(=O)O)c(C)[nH]1. The number of carbonyl (C=O) groups is 1. The second-order valence-electron chi connectivity index (χ2n) is 4.77. The first kappa shape index (κ1) is 11.8. The van der Waals surface area contributed by atoms with Gasteiger partial charge >= 0.3 is 5.97 Å². The summed E-state index contributed by atoms with van der Waals surface area (Å²) in [5.41, 5.74) is 3.42. The summed E-state index contributed by atoms with van der Waals surface area (Å²) in [5.74, 6) is -0.729. The molecule has 0 bridgehead atoms. The van der Waals surface area contributed by atoms with Gasteiger partial charge in [-0.1, -0.05) is 13.8 Å². The van der Waals surface area contributed by atoms with Crippen LogP contribution >= 0.6 is 0 Å². The van der Waals surface area contributed by atoms with E-state index in [0.29, 0.717) is 6.42 Å². The molecule has 0 spiro atoms. The van der Waals surface area contributed by atoms with Crippen LogP contribution in [0.4, 0.5) is 0 Å². The highest BCUT2D eigenvalue weighted by Gasteiger charge is 2.24. The Morgan fingerprint density at radius 2 is 2.07 bits per heavy atom. The second kappa shape index (κ2) is 4.09.